The molecule has 5 heterocycles. The van der Waals surface area contributed by atoms with Crippen LogP contribution in [0.3, 0.4) is 0 Å². The fourth-order valence-corrected chi connectivity index (χ4v) is 7.31. The molecule has 0 radical (unpaired) electrons. The molecule has 0 saturated heterocycles. The average molecular weight is 716 g/mol. The van der Waals surface area contributed by atoms with Crippen LogP contribution in [0.5, 0.6) is 0 Å². The number of fused-ring (bicyclic) bond motifs is 8. The van der Waals surface area contributed by atoms with Crippen LogP contribution in [0.25, 0.3) is 44.4 Å². The number of hydrogen-bond acceptors (Lipinski definition) is 8. The molecule has 6 rings (SSSR count). The predicted octanol–water partition coefficient (Wildman–Crippen LogP) is 9.30. The van der Waals surface area contributed by atoms with Crippen molar-refractivity contribution < 1.29 is 24.0 Å². The van der Waals surface area contributed by atoms with E-state index in [1.807, 2.05) is 19.9 Å². The van der Waals surface area contributed by atoms with Crippen LogP contribution in [0.15, 0.2) is 48.5 Å². The van der Waals surface area contributed by atoms with E-state index in [4.69, 9.17) is 19.4 Å². The Morgan fingerprint density at radius 3 is 1.79 bits per heavy atom. The van der Waals surface area contributed by atoms with E-state index in [0.717, 1.165) is 74.2 Å². The van der Waals surface area contributed by atoms with E-state index in [1.165, 1.54) is 35.9 Å². The minimum absolute atomic E-state index is 0.0578. The first-order valence-electron chi connectivity index (χ1n) is 18.0. The van der Waals surface area contributed by atoms with Crippen LogP contribution in [0.4, 0.5) is 5.69 Å². The molecule has 1 aromatic carbocycles. The molecule has 0 aliphatic carbocycles. The molecule has 0 amide bonds. The van der Waals surface area contributed by atoms with Crippen molar-refractivity contribution in [1.82, 2.24) is 19.9 Å². The second kappa shape index (κ2) is 15.4. The highest BCUT2D eigenvalue weighted by Crippen LogP contribution is 2.38. The first-order valence-corrected chi connectivity index (χ1v) is 18.0. The van der Waals surface area contributed by atoms with Gasteiger partial charge in [0, 0.05) is 47.0 Å². The van der Waals surface area contributed by atoms with Crippen molar-refractivity contribution in [1.29, 1.82) is 0 Å². The Balaban J connectivity index is 1.49. The summed E-state index contributed by atoms with van der Waals surface area (Å²) in [7, 11) is 1.39. The van der Waals surface area contributed by atoms with E-state index < -0.39 is 10.9 Å². The van der Waals surface area contributed by atoms with Gasteiger partial charge in [-0.05, 0) is 128 Å². The summed E-state index contributed by atoms with van der Waals surface area (Å²) >= 11 is 0. The van der Waals surface area contributed by atoms with E-state index >= 15 is 0 Å². The van der Waals surface area contributed by atoms with Crippen LogP contribution in [0.2, 0.25) is 0 Å². The molecule has 2 aliphatic rings. The van der Waals surface area contributed by atoms with Crippen molar-refractivity contribution in [3.63, 3.8) is 0 Å². The third-order valence-electron chi connectivity index (χ3n) is 10.4. The lowest BCUT2D eigenvalue weighted by molar-refractivity contribution is -0.384. The monoisotopic (exact) mass is 715 g/mol. The summed E-state index contributed by atoms with van der Waals surface area (Å²) in [5, 5.41) is 11.2. The summed E-state index contributed by atoms with van der Waals surface area (Å²) in [5.74, 6) is -0.727. The number of aromatic nitrogens is 4. The number of aromatic amines is 2. The highest BCUT2D eigenvalue weighted by Gasteiger charge is 2.23. The van der Waals surface area contributed by atoms with Gasteiger partial charge in [-0.25, -0.2) is 9.97 Å². The van der Waals surface area contributed by atoms with Crippen molar-refractivity contribution in [3.05, 3.63) is 109 Å². The minimum Gasteiger partial charge on any atom is -0.469 e. The van der Waals surface area contributed by atoms with Crippen LogP contribution >= 0.6 is 0 Å². The summed E-state index contributed by atoms with van der Waals surface area (Å²) in [6.45, 7) is 12.6. The van der Waals surface area contributed by atoms with E-state index in [-0.39, 0.29) is 31.1 Å². The maximum atomic E-state index is 13.1. The highest BCUT2D eigenvalue weighted by atomic mass is 16.6. The second-order valence-corrected chi connectivity index (χ2v) is 13.5. The molecule has 2 N–H and O–H groups in total. The lowest BCUT2D eigenvalue weighted by Crippen LogP contribution is -2.05. The Morgan fingerprint density at radius 2 is 1.25 bits per heavy atom. The minimum atomic E-state index is -0.474. The normalized spacial score (nSPS) is 12.7. The predicted molar refractivity (Wildman–Crippen MR) is 208 cm³/mol. The summed E-state index contributed by atoms with van der Waals surface area (Å²) in [5.41, 5.74) is 16.0. The number of benzene rings is 1. The van der Waals surface area contributed by atoms with Gasteiger partial charge in [-0.3, -0.25) is 19.7 Å². The number of nitrogens with zero attached hydrogens (tertiary/aromatic N) is 3. The molecule has 53 heavy (non-hydrogen) atoms. The van der Waals surface area contributed by atoms with Crippen molar-refractivity contribution >= 4 is 62.0 Å². The van der Waals surface area contributed by atoms with Crippen LogP contribution in [-0.2, 0) is 38.5 Å². The molecular formula is C42H45N5O6. The molecular weight excluding hydrogens is 670 g/mol. The van der Waals surface area contributed by atoms with Gasteiger partial charge in [-0.15, -0.1) is 0 Å². The fraction of sp³-hybridized carbons (Fsp3) is 0.333. The molecule has 11 nitrogen and oxygen atoms in total. The van der Waals surface area contributed by atoms with Gasteiger partial charge in [0.05, 0.1) is 34.8 Å². The largest absolute Gasteiger partial charge is 0.469 e. The Labute approximate surface area is 308 Å². The van der Waals surface area contributed by atoms with Crippen molar-refractivity contribution in [2.75, 3.05) is 7.11 Å². The van der Waals surface area contributed by atoms with Gasteiger partial charge in [0.15, 0.2) is 0 Å². The van der Waals surface area contributed by atoms with Gasteiger partial charge >= 0.3 is 11.9 Å². The van der Waals surface area contributed by atoms with Crippen LogP contribution in [0, 0.1) is 24.0 Å². The number of nitro groups is 1. The molecule has 0 spiro atoms. The SMILES string of the molecule is CCc1c(C)c2cc3[nH]c(cc4nc(cc5nc(cc1[nH]2)C(C)=C5CCC(=O)OCc1cccc([N+](=O)[O-])c1)C(CCC(=O)OC)=C4C)c(C)c3CC. The van der Waals surface area contributed by atoms with E-state index in [1.54, 1.807) is 12.1 Å². The van der Waals surface area contributed by atoms with Crippen molar-refractivity contribution in [2.24, 2.45) is 0 Å². The molecule has 11 heteroatoms. The molecule has 8 bridgehead atoms. The molecule has 4 aromatic rings. The molecule has 274 valence electrons. The number of nitrogens with one attached hydrogen (secondary N) is 2. The maximum Gasteiger partial charge on any atom is 0.306 e. The van der Waals surface area contributed by atoms with Gasteiger partial charge in [0.1, 0.15) is 6.61 Å². The van der Waals surface area contributed by atoms with Crippen LogP contribution < -0.4 is 0 Å². The van der Waals surface area contributed by atoms with Gasteiger partial charge in [0.2, 0.25) is 0 Å². The number of hydrogen-bond donors (Lipinski definition) is 2. The lowest BCUT2D eigenvalue weighted by Gasteiger charge is -2.08. The standard InChI is InChI=1S/C42H45N5O6/c1-8-29-23(3)33-18-34-25(5)31(13-15-41(48)52-7)39(45-34)21-40-32(14-16-42(49)53-22-27-11-10-12-28(17-27)47(50)51)26(6)36(46-40)20-38-30(9-2)24(4)35(44-38)19-37(29)43-33/h10-12,17-21,43-44H,8-9,13-16,22H2,1-7H3. The highest BCUT2D eigenvalue weighted by molar-refractivity contribution is 5.96. The van der Waals surface area contributed by atoms with Gasteiger partial charge in [0.25, 0.3) is 5.69 Å². The quantitative estimate of drug-likeness (QED) is 0.0885. The smallest absolute Gasteiger partial charge is 0.306 e. The average Bonchev–Trinajstić information content (AvgIpc) is 3.81. The topological polar surface area (TPSA) is 153 Å². The van der Waals surface area contributed by atoms with Crippen LogP contribution in [0.1, 0.15) is 104 Å². The maximum absolute atomic E-state index is 13.1. The van der Waals surface area contributed by atoms with Crippen molar-refractivity contribution in [2.45, 2.75) is 86.7 Å². The number of methoxy groups -OCH3 is 1. The fourth-order valence-electron chi connectivity index (χ4n) is 7.31. The summed E-state index contributed by atoms with van der Waals surface area (Å²) < 4.78 is 10.5. The summed E-state index contributed by atoms with van der Waals surface area (Å²) in [6.07, 6.45) is 2.77. The second-order valence-electron chi connectivity index (χ2n) is 13.5. The van der Waals surface area contributed by atoms with Crippen molar-refractivity contribution in [3.8, 4) is 0 Å². The van der Waals surface area contributed by atoms with E-state index in [0.29, 0.717) is 29.8 Å². The number of carbonyl (C=O) groups excluding carboxylic acids is 2. The number of esters is 2. The van der Waals surface area contributed by atoms with Gasteiger partial charge in [-0.1, -0.05) is 26.0 Å². The number of non-ortho nitro benzene ring substituents is 1. The number of ether oxygens (including phenoxy) is 2. The number of nitro benzene ring substituents is 1. The van der Waals surface area contributed by atoms with E-state index in [9.17, 15) is 19.7 Å². The molecule has 0 atom stereocenters. The first kappa shape index (κ1) is 36.9. The molecule has 0 unspecified atom stereocenters. The number of allylic oxidation sites excluding steroid dienone is 4. The first-order chi connectivity index (χ1) is 25.4. The molecule has 3 aromatic heterocycles. The number of H-pyrrole nitrogens is 2. The zero-order valence-corrected chi connectivity index (χ0v) is 31.4. The number of aryl methyl sites for hydroxylation is 4. The zero-order chi connectivity index (χ0) is 38.0. The Hall–Kier alpha value is -5.84. The number of rotatable bonds is 11. The number of carbonyl (C=O) groups is 2. The van der Waals surface area contributed by atoms with Gasteiger partial charge in [-0.2, -0.15) is 0 Å². The van der Waals surface area contributed by atoms with Gasteiger partial charge < -0.3 is 19.4 Å². The summed E-state index contributed by atoms with van der Waals surface area (Å²) in [6, 6.07) is 14.4. The molecule has 2 aliphatic heterocycles. The van der Waals surface area contributed by atoms with E-state index in [2.05, 4.69) is 55.9 Å². The Kier molecular flexibility index (Phi) is 10.7. The third kappa shape index (κ3) is 7.55. The molecule has 0 fully saturated rings. The summed E-state index contributed by atoms with van der Waals surface area (Å²) in [4.78, 5) is 53.7. The molecule has 0 saturated carbocycles. The van der Waals surface area contributed by atoms with Crippen LogP contribution in [-0.4, -0.2) is 43.9 Å². The Morgan fingerprint density at radius 1 is 0.717 bits per heavy atom. The lowest BCUT2D eigenvalue weighted by atomic mass is 9.98. The Bertz CT molecular complexity index is 2380. The third-order valence-corrected chi connectivity index (χ3v) is 10.4. The zero-order valence-electron chi connectivity index (χ0n) is 31.4.